The van der Waals surface area contributed by atoms with Crippen molar-refractivity contribution in [1.29, 1.82) is 0 Å². The third-order valence-electron chi connectivity index (χ3n) is 5.03. The van der Waals surface area contributed by atoms with Crippen LogP contribution in [0.4, 0.5) is 14.5 Å². The summed E-state index contributed by atoms with van der Waals surface area (Å²) in [5, 5.41) is 21.5. The molecule has 2 heterocycles. The fourth-order valence-electron chi connectivity index (χ4n) is 3.33. The Morgan fingerprint density at radius 1 is 1.29 bits per heavy atom. The van der Waals surface area contributed by atoms with Crippen molar-refractivity contribution in [1.82, 2.24) is 9.88 Å². The minimum absolute atomic E-state index is 0.0408. The maximum absolute atomic E-state index is 14.8. The molecule has 3 aromatic rings. The van der Waals surface area contributed by atoms with Crippen molar-refractivity contribution in [3.8, 4) is 11.4 Å². The van der Waals surface area contributed by atoms with Crippen molar-refractivity contribution < 1.29 is 28.5 Å². The third-order valence-corrected chi connectivity index (χ3v) is 5.38. The average molecular weight is 452 g/mol. The lowest BCUT2D eigenvalue weighted by molar-refractivity contribution is 0.0695. The number of aromatic carboxylic acids is 1. The summed E-state index contributed by atoms with van der Waals surface area (Å²) in [5.41, 5.74) is 3.78. The third kappa shape index (κ3) is 3.48. The summed E-state index contributed by atoms with van der Waals surface area (Å²) < 4.78 is 35.5. The van der Waals surface area contributed by atoms with E-state index < -0.39 is 35.2 Å². The zero-order chi connectivity index (χ0) is 22.4. The number of aliphatic hydroxyl groups is 1. The van der Waals surface area contributed by atoms with Crippen LogP contribution < -0.4 is 21.2 Å². The molecule has 0 radical (unpaired) electrons. The van der Waals surface area contributed by atoms with Crippen LogP contribution >= 0.6 is 11.6 Å². The van der Waals surface area contributed by atoms with Gasteiger partial charge in [0, 0.05) is 24.8 Å². The predicted molar refractivity (Wildman–Crippen MR) is 109 cm³/mol. The molecule has 0 amide bonds. The number of carboxylic acid groups (broad SMARTS) is 1. The summed E-state index contributed by atoms with van der Waals surface area (Å²) in [4.78, 5) is 24.4. The van der Waals surface area contributed by atoms with E-state index in [9.17, 15) is 28.6 Å². The summed E-state index contributed by atoms with van der Waals surface area (Å²) in [6.45, 7) is 0.321. The number of aromatic nitrogens is 1. The van der Waals surface area contributed by atoms with Crippen LogP contribution in [0.2, 0.25) is 5.02 Å². The van der Waals surface area contributed by atoms with Crippen LogP contribution in [-0.2, 0) is 6.61 Å². The topological polar surface area (TPSA) is 127 Å². The van der Waals surface area contributed by atoms with Crippen LogP contribution in [0, 0.1) is 11.6 Å². The molecule has 0 atom stereocenters. The van der Waals surface area contributed by atoms with Crippen molar-refractivity contribution in [3.05, 3.63) is 62.4 Å². The molecule has 2 aromatic carbocycles. The van der Waals surface area contributed by atoms with Crippen molar-refractivity contribution in [3.63, 3.8) is 0 Å². The van der Waals surface area contributed by atoms with Crippen molar-refractivity contribution in [2.45, 2.75) is 12.7 Å². The number of ether oxygens (including phenoxy) is 1. The van der Waals surface area contributed by atoms with Crippen LogP contribution in [0.3, 0.4) is 0 Å². The van der Waals surface area contributed by atoms with Gasteiger partial charge in [-0.1, -0.05) is 11.6 Å². The van der Waals surface area contributed by atoms with Crippen molar-refractivity contribution in [2.75, 3.05) is 18.8 Å². The van der Waals surface area contributed by atoms with E-state index in [1.165, 1.54) is 0 Å². The SMILES string of the molecule is Nc1cc(-n2cc(C(=O)O)c(=O)c3cc(F)c(OC4CNC4)c(Cl)c32)c(CO)cc1F. The number of benzene rings is 2. The molecule has 1 saturated heterocycles. The minimum atomic E-state index is -1.56. The molecular weight excluding hydrogens is 436 g/mol. The van der Waals surface area contributed by atoms with Gasteiger partial charge in [-0.25, -0.2) is 13.6 Å². The molecule has 0 bridgehead atoms. The number of nitrogens with two attached hydrogens (primary N) is 1. The minimum Gasteiger partial charge on any atom is -0.483 e. The van der Waals surface area contributed by atoms with Gasteiger partial charge in [0.25, 0.3) is 0 Å². The number of pyridine rings is 1. The second-order valence-electron chi connectivity index (χ2n) is 7.00. The molecule has 31 heavy (non-hydrogen) atoms. The van der Waals surface area contributed by atoms with Crippen LogP contribution in [0.5, 0.6) is 5.75 Å². The van der Waals surface area contributed by atoms with E-state index in [4.69, 9.17) is 22.1 Å². The lowest BCUT2D eigenvalue weighted by atomic mass is 10.1. The standard InChI is InChI=1S/C20H16ClF2N3O5/c21-16-17-10(2-13(23)19(16)31-9-4-25-5-9)18(28)11(20(29)30)6-26(17)15-3-14(24)12(22)1-8(15)7-27/h1-3,6,9,25,27H,4-5,7,24H2,(H,29,30). The maximum atomic E-state index is 14.8. The van der Waals surface area contributed by atoms with Crippen LogP contribution in [0.25, 0.3) is 16.6 Å². The average Bonchev–Trinajstić information content (AvgIpc) is 2.68. The first-order valence-electron chi connectivity index (χ1n) is 9.10. The van der Waals surface area contributed by atoms with E-state index in [1.54, 1.807) is 0 Å². The number of aliphatic hydroxyl groups excluding tert-OH is 1. The Morgan fingerprint density at radius 3 is 2.58 bits per heavy atom. The van der Waals surface area contributed by atoms with E-state index in [-0.39, 0.29) is 44.7 Å². The van der Waals surface area contributed by atoms with Crippen LogP contribution in [0.15, 0.2) is 29.2 Å². The van der Waals surface area contributed by atoms with E-state index >= 15 is 0 Å². The molecule has 0 unspecified atom stereocenters. The summed E-state index contributed by atoms with van der Waals surface area (Å²) in [5.74, 6) is -3.59. The van der Waals surface area contributed by atoms with E-state index in [0.717, 1.165) is 29.0 Å². The van der Waals surface area contributed by atoms with Gasteiger partial charge in [0.2, 0.25) is 5.43 Å². The molecule has 5 N–H and O–H groups in total. The van der Waals surface area contributed by atoms with Crippen LogP contribution in [0.1, 0.15) is 15.9 Å². The lowest BCUT2D eigenvalue weighted by Gasteiger charge is -2.28. The smallest absolute Gasteiger partial charge is 0.341 e. The molecule has 162 valence electrons. The summed E-state index contributed by atoms with van der Waals surface area (Å²) in [7, 11) is 0. The molecule has 0 aliphatic carbocycles. The molecule has 11 heteroatoms. The van der Waals surface area contributed by atoms with E-state index in [0.29, 0.717) is 13.1 Å². The second-order valence-corrected chi connectivity index (χ2v) is 7.38. The van der Waals surface area contributed by atoms with Gasteiger partial charge in [0.15, 0.2) is 11.6 Å². The van der Waals surface area contributed by atoms with Gasteiger partial charge in [0.05, 0.1) is 28.9 Å². The number of hydrogen-bond acceptors (Lipinski definition) is 6. The van der Waals surface area contributed by atoms with Crippen LogP contribution in [-0.4, -0.2) is 39.9 Å². The molecule has 0 spiro atoms. The monoisotopic (exact) mass is 451 g/mol. The molecule has 0 saturated carbocycles. The maximum Gasteiger partial charge on any atom is 0.341 e. The predicted octanol–water partition coefficient (Wildman–Crippen LogP) is 2.05. The zero-order valence-corrected chi connectivity index (χ0v) is 16.5. The Bertz CT molecular complexity index is 1290. The van der Waals surface area contributed by atoms with E-state index in [1.807, 2.05) is 0 Å². The Balaban J connectivity index is 2.11. The fraction of sp³-hybridized carbons (Fsp3) is 0.200. The molecule has 1 aromatic heterocycles. The Labute approximate surface area is 178 Å². The number of nitrogen functional groups attached to an aromatic ring is 1. The normalized spacial score (nSPS) is 13.9. The van der Waals surface area contributed by atoms with Crippen molar-refractivity contribution in [2.24, 2.45) is 0 Å². The number of hydrogen-bond donors (Lipinski definition) is 4. The van der Waals surface area contributed by atoms with Gasteiger partial charge in [-0.05, 0) is 18.2 Å². The largest absolute Gasteiger partial charge is 0.483 e. The van der Waals surface area contributed by atoms with Gasteiger partial charge in [-0.3, -0.25) is 4.79 Å². The van der Waals surface area contributed by atoms with Gasteiger partial charge in [-0.15, -0.1) is 0 Å². The van der Waals surface area contributed by atoms with Gasteiger partial charge >= 0.3 is 5.97 Å². The highest BCUT2D eigenvalue weighted by atomic mass is 35.5. The molecule has 8 nitrogen and oxygen atoms in total. The first kappa shape index (κ1) is 21.0. The van der Waals surface area contributed by atoms with Gasteiger partial charge < -0.3 is 30.6 Å². The zero-order valence-electron chi connectivity index (χ0n) is 15.8. The summed E-state index contributed by atoms with van der Waals surface area (Å²) in [6.07, 6.45) is 0.634. The number of halogens is 3. The highest BCUT2D eigenvalue weighted by molar-refractivity contribution is 6.36. The number of anilines is 1. The number of rotatable bonds is 5. The number of carbonyl (C=O) groups is 1. The Kier molecular flexibility index (Phi) is 5.29. The molecule has 1 aliphatic rings. The van der Waals surface area contributed by atoms with E-state index in [2.05, 4.69) is 5.32 Å². The molecule has 1 aliphatic heterocycles. The summed E-state index contributed by atoms with van der Waals surface area (Å²) >= 11 is 6.44. The van der Waals surface area contributed by atoms with Crippen molar-refractivity contribution >= 4 is 34.2 Å². The first-order valence-corrected chi connectivity index (χ1v) is 9.47. The Hall–Kier alpha value is -3.21. The van der Waals surface area contributed by atoms with Gasteiger partial charge in [-0.2, -0.15) is 0 Å². The number of fused-ring (bicyclic) bond motifs is 1. The highest BCUT2D eigenvalue weighted by Gasteiger charge is 2.27. The molecular formula is C20H16ClF2N3O5. The Morgan fingerprint density at radius 2 is 2.00 bits per heavy atom. The molecule has 1 fully saturated rings. The number of nitrogens with one attached hydrogen (secondary N) is 1. The fourth-order valence-corrected chi connectivity index (χ4v) is 3.66. The highest BCUT2D eigenvalue weighted by Crippen LogP contribution is 2.37. The molecule has 4 rings (SSSR count). The first-order chi connectivity index (χ1) is 14.7. The quantitative estimate of drug-likeness (QED) is 0.437. The number of nitrogens with zero attached hydrogens (tertiary/aromatic N) is 1. The lowest BCUT2D eigenvalue weighted by Crippen LogP contribution is -2.50. The second kappa shape index (κ2) is 7.80. The number of carboxylic acids is 1. The summed E-state index contributed by atoms with van der Waals surface area (Å²) in [6, 6.07) is 2.98. The van der Waals surface area contributed by atoms with Gasteiger partial charge in [0.1, 0.15) is 22.5 Å².